The maximum atomic E-state index is 10.2. The largest absolute Gasteiger partial charge is 0.504 e. The number of benzene rings is 2. The van der Waals surface area contributed by atoms with Gasteiger partial charge in [-0.1, -0.05) is 56.4 Å². The molecule has 1 aromatic heterocycles. The van der Waals surface area contributed by atoms with E-state index >= 15 is 0 Å². The molecule has 1 heterocycles. The molecule has 5 nitrogen and oxygen atoms in total. The molecule has 0 saturated heterocycles. The number of hydrogen-bond donors (Lipinski definition) is 3. The summed E-state index contributed by atoms with van der Waals surface area (Å²) in [5.41, 5.74) is 4.49. The predicted molar refractivity (Wildman–Crippen MR) is 139 cm³/mol. The van der Waals surface area contributed by atoms with Gasteiger partial charge in [-0.05, 0) is 49.1 Å². The van der Waals surface area contributed by atoms with Gasteiger partial charge in [-0.25, -0.2) is 0 Å². The van der Waals surface area contributed by atoms with Crippen molar-refractivity contribution in [2.45, 2.75) is 51.5 Å². The maximum absolute atomic E-state index is 10.2. The highest BCUT2D eigenvalue weighted by atomic mass is 35.5. The number of phenols is 1. The Labute approximate surface area is 203 Å². The molecule has 1 saturated carbocycles. The lowest BCUT2D eigenvalue weighted by atomic mass is 9.85. The smallest absolute Gasteiger partial charge is 0.162 e. The third-order valence-corrected chi connectivity index (χ3v) is 6.52. The summed E-state index contributed by atoms with van der Waals surface area (Å²) in [6.45, 7) is 2.35. The Kier molecular flexibility index (Phi) is 9.64. The molecule has 1 aliphatic rings. The first-order valence-corrected chi connectivity index (χ1v) is 11.9. The van der Waals surface area contributed by atoms with E-state index < -0.39 is 0 Å². The number of aromatic nitrogens is 1. The molecule has 0 atom stereocenters. The van der Waals surface area contributed by atoms with Crippen LogP contribution in [0.15, 0.2) is 48.7 Å². The number of aromatic hydroxyl groups is 1. The van der Waals surface area contributed by atoms with Crippen molar-refractivity contribution in [3.8, 4) is 11.5 Å². The first-order chi connectivity index (χ1) is 15.7. The monoisotopic (exact) mass is 469 g/mol. The highest BCUT2D eigenvalue weighted by Crippen LogP contribution is 2.30. The second-order valence-corrected chi connectivity index (χ2v) is 8.84. The normalized spacial score (nSPS) is 14.1. The minimum Gasteiger partial charge on any atom is -0.504 e. The van der Waals surface area contributed by atoms with Crippen molar-refractivity contribution >= 4 is 29.0 Å². The number of halogens is 1. The average molecular weight is 470 g/mol. The molecule has 4 rings (SSSR count). The fraction of sp³-hybridized carbons (Fsp3) is 0.444. The second kappa shape index (κ2) is 12.7. The van der Waals surface area contributed by atoms with Crippen molar-refractivity contribution in [2.24, 2.45) is 5.92 Å². The third-order valence-electron chi connectivity index (χ3n) is 6.52. The van der Waals surface area contributed by atoms with E-state index in [0.29, 0.717) is 12.3 Å². The molecule has 1 fully saturated rings. The first-order valence-electron chi connectivity index (χ1n) is 11.9. The van der Waals surface area contributed by atoms with Crippen LogP contribution >= 0.6 is 12.4 Å². The van der Waals surface area contributed by atoms with E-state index in [0.717, 1.165) is 42.2 Å². The van der Waals surface area contributed by atoms with E-state index in [4.69, 9.17) is 4.74 Å². The van der Waals surface area contributed by atoms with Crippen molar-refractivity contribution in [3.05, 3.63) is 59.8 Å². The Balaban J connectivity index is 0.00000306. The van der Waals surface area contributed by atoms with E-state index in [1.807, 2.05) is 18.3 Å². The lowest BCUT2D eigenvalue weighted by molar-refractivity contribution is 0.357. The van der Waals surface area contributed by atoms with E-state index in [9.17, 15) is 5.11 Å². The summed E-state index contributed by atoms with van der Waals surface area (Å²) < 4.78 is 5.17. The second-order valence-electron chi connectivity index (χ2n) is 8.84. The minimum atomic E-state index is 0. The lowest BCUT2D eigenvalue weighted by Crippen LogP contribution is -2.18. The quantitative estimate of drug-likeness (QED) is 0.314. The van der Waals surface area contributed by atoms with Gasteiger partial charge in [0.2, 0.25) is 0 Å². The molecule has 0 spiro atoms. The van der Waals surface area contributed by atoms with Crippen LogP contribution in [-0.4, -0.2) is 30.3 Å². The molecule has 33 heavy (non-hydrogen) atoms. The van der Waals surface area contributed by atoms with E-state index in [2.05, 4.69) is 39.9 Å². The van der Waals surface area contributed by atoms with E-state index in [-0.39, 0.29) is 18.2 Å². The number of pyridine rings is 1. The molecule has 0 bridgehead atoms. The standard InChI is InChI=1S/C27H35N3O2.ClH/c1-32-26-10-5-9-22(27(26)31)19-28-14-6-15-29-24-13-16-30-25-18-21(11-12-23(24)25)17-20-7-3-2-4-8-20;/h5,9-13,16,18,20,28,31H,2-4,6-8,14-15,17,19H2,1H3,(H,29,30);1H. The number of phenolic OH excluding ortho intramolecular Hbond substituents is 1. The number of fused-ring (bicyclic) bond motifs is 1. The van der Waals surface area contributed by atoms with Gasteiger partial charge < -0.3 is 20.5 Å². The Morgan fingerprint density at radius 1 is 1.06 bits per heavy atom. The van der Waals surface area contributed by atoms with Crippen molar-refractivity contribution in [1.29, 1.82) is 0 Å². The molecule has 0 radical (unpaired) electrons. The highest BCUT2D eigenvalue weighted by molar-refractivity contribution is 5.91. The van der Waals surface area contributed by atoms with Gasteiger partial charge in [0.15, 0.2) is 11.5 Å². The van der Waals surface area contributed by atoms with Crippen molar-refractivity contribution in [1.82, 2.24) is 10.3 Å². The van der Waals surface area contributed by atoms with Gasteiger partial charge in [0.25, 0.3) is 0 Å². The summed E-state index contributed by atoms with van der Waals surface area (Å²) in [7, 11) is 1.57. The number of rotatable bonds is 10. The summed E-state index contributed by atoms with van der Waals surface area (Å²) in [5, 5.41) is 18.3. The van der Waals surface area contributed by atoms with Crippen LogP contribution in [0.3, 0.4) is 0 Å². The van der Waals surface area contributed by atoms with Gasteiger partial charge in [0.05, 0.1) is 12.6 Å². The molecule has 178 valence electrons. The Morgan fingerprint density at radius 2 is 1.91 bits per heavy atom. The predicted octanol–water partition coefficient (Wildman–Crippen LogP) is 6.09. The number of anilines is 1. The van der Waals surface area contributed by atoms with Gasteiger partial charge in [-0.15, -0.1) is 12.4 Å². The van der Waals surface area contributed by atoms with Crippen LogP contribution in [0.25, 0.3) is 10.9 Å². The Bertz CT molecular complexity index is 1020. The minimum absolute atomic E-state index is 0. The van der Waals surface area contributed by atoms with Crippen LogP contribution in [-0.2, 0) is 13.0 Å². The number of methoxy groups -OCH3 is 1. The fourth-order valence-corrected chi connectivity index (χ4v) is 4.73. The van der Waals surface area contributed by atoms with Crippen molar-refractivity contribution in [2.75, 3.05) is 25.5 Å². The van der Waals surface area contributed by atoms with Crippen LogP contribution in [0.4, 0.5) is 5.69 Å². The molecule has 0 unspecified atom stereocenters. The fourth-order valence-electron chi connectivity index (χ4n) is 4.73. The zero-order valence-corrected chi connectivity index (χ0v) is 20.3. The van der Waals surface area contributed by atoms with Crippen molar-refractivity contribution < 1.29 is 9.84 Å². The highest BCUT2D eigenvalue weighted by Gasteiger charge is 2.14. The van der Waals surface area contributed by atoms with Gasteiger partial charge in [0, 0.05) is 35.9 Å². The number of hydrogen-bond acceptors (Lipinski definition) is 5. The molecule has 0 amide bonds. The lowest BCUT2D eigenvalue weighted by Gasteiger charge is -2.21. The molecule has 1 aliphatic carbocycles. The first kappa shape index (κ1) is 25.1. The molecule has 0 aliphatic heterocycles. The average Bonchev–Trinajstić information content (AvgIpc) is 2.83. The molecule has 3 aromatic rings. The van der Waals surface area contributed by atoms with E-state index in [1.165, 1.54) is 49.5 Å². The van der Waals surface area contributed by atoms with Crippen LogP contribution in [0.5, 0.6) is 11.5 Å². The summed E-state index contributed by atoms with van der Waals surface area (Å²) >= 11 is 0. The van der Waals surface area contributed by atoms with Crippen LogP contribution in [0.2, 0.25) is 0 Å². The maximum Gasteiger partial charge on any atom is 0.162 e. The topological polar surface area (TPSA) is 66.4 Å². The number of nitrogens with zero attached hydrogens (tertiary/aromatic N) is 1. The molecule has 3 N–H and O–H groups in total. The zero-order chi connectivity index (χ0) is 22.2. The van der Waals surface area contributed by atoms with Gasteiger partial charge in [0.1, 0.15) is 0 Å². The summed E-state index contributed by atoms with van der Waals surface area (Å²) in [6.07, 6.45) is 11.0. The summed E-state index contributed by atoms with van der Waals surface area (Å²) in [5.74, 6) is 1.57. The molecular formula is C27H36ClN3O2. The SMILES string of the molecule is COc1cccc(CNCCCNc2ccnc3cc(CC4CCCCC4)ccc23)c1O.Cl. The number of nitrogens with one attached hydrogen (secondary N) is 2. The van der Waals surface area contributed by atoms with Crippen LogP contribution < -0.4 is 15.4 Å². The Hall–Kier alpha value is -2.50. The third kappa shape index (κ3) is 6.75. The van der Waals surface area contributed by atoms with Gasteiger partial charge in [-0.2, -0.15) is 0 Å². The van der Waals surface area contributed by atoms with E-state index in [1.54, 1.807) is 13.2 Å². The zero-order valence-electron chi connectivity index (χ0n) is 19.5. The van der Waals surface area contributed by atoms with Crippen LogP contribution in [0.1, 0.15) is 49.7 Å². The Morgan fingerprint density at radius 3 is 2.73 bits per heavy atom. The number of para-hydroxylation sites is 1. The van der Waals surface area contributed by atoms with Gasteiger partial charge in [-0.3, -0.25) is 4.98 Å². The van der Waals surface area contributed by atoms with Gasteiger partial charge >= 0.3 is 0 Å². The summed E-state index contributed by atoms with van der Waals surface area (Å²) in [6, 6.07) is 14.4. The number of ether oxygens (including phenoxy) is 1. The summed E-state index contributed by atoms with van der Waals surface area (Å²) in [4.78, 5) is 4.62. The molecule has 6 heteroatoms. The van der Waals surface area contributed by atoms with Crippen LogP contribution in [0, 0.1) is 5.92 Å². The molecule has 2 aromatic carbocycles. The van der Waals surface area contributed by atoms with Crippen molar-refractivity contribution in [3.63, 3.8) is 0 Å². The molecular weight excluding hydrogens is 434 g/mol.